The first-order chi connectivity index (χ1) is 15.5. The predicted molar refractivity (Wildman–Crippen MR) is 122 cm³/mol. The highest BCUT2D eigenvalue weighted by Crippen LogP contribution is 2.25. The maximum Gasteiger partial charge on any atom is 0.278 e. The zero-order valence-corrected chi connectivity index (χ0v) is 17.8. The fourth-order valence-corrected chi connectivity index (χ4v) is 4.11. The van der Waals surface area contributed by atoms with Gasteiger partial charge in [-0.05, 0) is 12.1 Å². The van der Waals surface area contributed by atoms with Gasteiger partial charge in [0.25, 0.3) is 11.2 Å². The zero-order chi connectivity index (χ0) is 22.7. The molecule has 4 rings (SSSR count). The maximum atomic E-state index is 13.1. The molecule has 0 atom stereocenters. The fourth-order valence-electron chi connectivity index (χ4n) is 3.29. The van der Waals surface area contributed by atoms with E-state index in [-0.39, 0.29) is 29.5 Å². The summed E-state index contributed by atoms with van der Waals surface area (Å²) in [6.45, 7) is 0.587. The van der Waals surface area contributed by atoms with Gasteiger partial charge >= 0.3 is 0 Å². The van der Waals surface area contributed by atoms with Crippen LogP contribution in [0.2, 0.25) is 0 Å². The second-order valence-electron chi connectivity index (χ2n) is 6.88. The number of thioether (sulfide) groups is 1. The number of nitrogens with one attached hydrogen (secondary N) is 2. The summed E-state index contributed by atoms with van der Waals surface area (Å²) in [4.78, 5) is 43.8. The number of amides is 1. The number of ether oxygens (including phenoxy) is 1. The van der Waals surface area contributed by atoms with Crippen molar-refractivity contribution in [1.82, 2.24) is 14.5 Å². The number of nitrogens with zero attached hydrogens (tertiary/aromatic N) is 3. The number of hydrogen-bond donors (Lipinski definition) is 2. The molecule has 2 N–H and O–H groups in total. The molecule has 0 fully saturated rings. The number of anilines is 1. The molecular formula is C21H19N5O5S. The molecule has 2 aromatic heterocycles. The summed E-state index contributed by atoms with van der Waals surface area (Å²) in [5.74, 6) is -0.405. The highest BCUT2D eigenvalue weighted by molar-refractivity contribution is 7.99. The number of nitro benzene ring substituents is 1. The van der Waals surface area contributed by atoms with Gasteiger partial charge in [-0.25, -0.2) is 4.98 Å². The molecule has 0 aliphatic heterocycles. The SMILES string of the molecule is COCCn1c(SCC(=O)Nc2cccc([N+](=O)[O-])c2)nc2c([nH]c3ccccc32)c1=O. The highest BCUT2D eigenvalue weighted by atomic mass is 32.2. The zero-order valence-electron chi connectivity index (χ0n) is 17.0. The van der Waals surface area contributed by atoms with Crippen LogP contribution >= 0.6 is 11.8 Å². The van der Waals surface area contributed by atoms with E-state index in [1.807, 2.05) is 24.3 Å². The number of rotatable bonds is 8. The number of aromatic amines is 1. The number of hydrogen-bond acceptors (Lipinski definition) is 7. The Balaban J connectivity index is 1.61. The van der Waals surface area contributed by atoms with Crippen LogP contribution in [-0.2, 0) is 16.1 Å². The van der Waals surface area contributed by atoms with Crippen LogP contribution in [0.5, 0.6) is 0 Å². The lowest BCUT2D eigenvalue weighted by atomic mass is 10.2. The van der Waals surface area contributed by atoms with E-state index in [1.165, 1.54) is 22.8 Å². The summed E-state index contributed by atoms with van der Waals surface area (Å²) in [5.41, 5.74) is 1.70. The molecule has 0 radical (unpaired) electrons. The topological polar surface area (TPSA) is 132 Å². The summed E-state index contributed by atoms with van der Waals surface area (Å²) in [6.07, 6.45) is 0. The average Bonchev–Trinajstić information content (AvgIpc) is 3.16. The van der Waals surface area contributed by atoms with Crippen LogP contribution in [0.1, 0.15) is 0 Å². The minimum Gasteiger partial charge on any atom is -0.383 e. The Bertz CT molecular complexity index is 1380. The fraction of sp³-hybridized carbons (Fsp3) is 0.190. The van der Waals surface area contributed by atoms with Crippen molar-refractivity contribution < 1.29 is 14.5 Å². The Labute approximate surface area is 185 Å². The Kier molecular flexibility index (Phi) is 6.19. The third kappa shape index (κ3) is 4.34. The van der Waals surface area contributed by atoms with Crippen molar-refractivity contribution in [1.29, 1.82) is 0 Å². The number of carbonyl (C=O) groups excluding carboxylic acids is 1. The van der Waals surface area contributed by atoms with Crippen LogP contribution in [-0.4, -0.2) is 44.8 Å². The van der Waals surface area contributed by atoms with Crippen LogP contribution in [0.4, 0.5) is 11.4 Å². The number of non-ortho nitro benzene ring substituents is 1. The van der Waals surface area contributed by atoms with Crippen LogP contribution in [0.25, 0.3) is 21.9 Å². The Morgan fingerprint density at radius 3 is 2.88 bits per heavy atom. The number of para-hydroxylation sites is 1. The molecule has 2 aromatic carbocycles. The lowest BCUT2D eigenvalue weighted by molar-refractivity contribution is -0.384. The van der Waals surface area contributed by atoms with E-state index in [9.17, 15) is 19.7 Å². The Hall–Kier alpha value is -3.70. The van der Waals surface area contributed by atoms with E-state index in [1.54, 1.807) is 13.2 Å². The van der Waals surface area contributed by atoms with Crippen LogP contribution in [0.3, 0.4) is 0 Å². The van der Waals surface area contributed by atoms with E-state index < -0.39 is 4.92 Å². The van der Waals surface area contributed by atoms with Crippen molar-refractivity contribution in [3.63, 3.8) is 0 Å². The van der Waals surface area contributed by atoms with Crippen molar-refractivity contribution in [3.05, 3.63) is 69.0 Å². The summed E-state index contributed by atoms with van der Waals surface area (Å²) < 4.78 is 6.60. The Morgan fingerprint density at radius 1 is 1.28 bits per heavy atom. The van der Waals surface area contributed by atoms with Crippen molar-refractivity contribution in [2.75, 3.05) is 24.8 Å². The quantitative estimate of drug-likeness (QED) is 0.181. The van der Waals surface area contributed by atoms with Gasteiger partial charge in [0, 0.05) is 35.8 Å². The number of benzene rings is 2. The van der Waals surface area contributed by atoms with Gasteiger partial charge < -0.3 is 15.0 Å². The first kappa shape index (κ1) is 21.5. The van der Waals surface area contributed by atoms with Crippen molar-refractivity contribution >= 4 is 51.0 Å². The molecule has 10 nitrogen and oxygen atoms in total. The van der Waals surface area contributed by atoms with E-state index >= 15 is 0 Å². The van der Waals surface area contributed by atoms with Crippen molar-refractivity contribution in [2.45, 2.75) is 11.7 Å². The van der Waals surface area contributed by atoms with Crippen LogP contribution in [0.15, 0.2) is 58.5 Å². The van der Waals surface area contributed by atoms with Gasteiger partial charge in [-0.1, -0.05) is 36.0 Å². The minimum atomic E-state index is -0.529. The number of aromatic nitrogens is 3. The smallest absolute Gasteiger partial charge is 0.278 e. The van der Waals surface area contributed by atoms with Gasteiger partial charge in [0.2, 0.25) is 5.91 Å². The summed E-state index contributed by atoms with van der Waals surface area (Å²) >= 11 is 1.11. The molecular weight excluding hydrogens is 434 g/mol. The van der Waals surface area contributed by atoms with E-state index in [4.69, 9.17) is 4.74 Å². The number of methoxy groups -OCH3 is 1. The predicted octanol–water partition coefficient (Wildman–Crippen LogP) is 3.16. The molecule has 11 heteroatoms. The minimum absolute atomic E-state index is 0.0318. The van der Waals surface area contributed by atoms with Crippen LogP contribution in [0, 0.1) is 10.1 Å². The van der Waals surface area contributed by atoms with Gasteiger partial charge in [-0.2, -0.15) is 0 Å². The number of carbonyl (C=O) groups is 1. The summed E-state index contributed by atoms with van der Waals surface area (Å²) in [5, 5.41) is 14.8. The van der Waals surface area contributed by atoms with Crippen molar-refractivity contribution in [3.8, 4) is 0 Å². The van der Waals surface area contributed by atoms with Gasteiger partial charge in [0.15, 0.2) is 5.16 Å². The molecule has 164 valence electrons. The first-order valence-corrected chi connectivity index (χ1v) is 10.6. The van der Waals surface area contributed by atoms with Gasteiger partial charge in [-0.15, -0.1) is 0 Å². The molecule has 0 saturated heterocycles. The second-order valence-corrected chi connectivity index (χ2v) is 7.82. The molecule has 4 aromatic rings. The standard InChI is InChI=1S/C21H19N5O5S/c1-31-10-9-25-20(28)19-18(15-7-2-3-8-16(15)23-19)24-21(25)32-12-17(27)22-13-5-4-6-14(11-13)26(29)30/h2-8,11,23H,9-10,12H2,1H3,(H,22,27). The van der Waals surface area contributed by atoms with Gasteiger partial charge in [0.05, 0.1) is 23.8 Å². The average molecular weight is 453 g/mol. The summed E-state index contributed by atoms with van der Waals surface area (Å²) in [6, 6.07) is 13.2. The molecule has 0 unspecified atom stereocenters. The molecule has 0 saturated carbocycles. The lowest BCUT2D eigenvalue weighted by Gasteiger charge is -2.11. The number of nitro groups is 1. The molecule has 0 aliphatic carbocycles. The number of H-pyrrole nitrogens is 1. The third-order valence-electron chi connectivity index (χ3n) is 4.77. The van der Waals surface area contributed by atoms with E-state index in [0.29, 0.717) is 28.5 Å². The lowest BCUT2D eigenvalue weighted by Crippen LogP contribution is -2.26. The third-order valence-corrected chi connectivity index (χ3v) is 5.74. The highest BCUT2D eigenvalue weighted by Gasteiger charge is 2.17. The van der Waals surface area contributed by atoms with Crippen molar-refractivity contribution in [2.24, 2.45) is 0 Å². The van der Waals surface area contributed by atoms with Gasteiger partial charge in [0.1, 0.15) is 11.0 Å². The van der Waals surface area contributed by atoms with E-state index in [2.05, 4.69) is 15.3 Å². The van der Waals surface area contributed by atoms with Crippen LogP contribution < -0.4 is 10.9 Å². The normalized spacial score (nSPS) is 11.2. The van der Waals surface area contributed by atoms with Gasteiger partial charge in [-0.3, -0.25) is 24.3 Å². The van der Waals surface area contributed by atoms with E-state index in [0.717, 1.165) is 22.7 Å². The molecule has 0 aliphatic rings. The first-order valence-electron chi connectivity index (χ1n) is 9.65. The monoisotopic (exact) mass is 453 g/mol. The Morgan fingerprint density at radius 2 is 2.09 bits per heavy atom. The molecule has 0 bridgehead atoms. The molecule has 2 heterocycles. The second kappa shape index (κ2) is 9.20. The molecule has 1 amide bonds. The molecule has 0 spiro atoms. The maximum absolute atomic E-state index is 13.1. The largest absolute Gasteiger partial charge is 0.383 e. The summed E-state index contributed by atoms with van der Waals surface area (Å²) in [7, 11) is 1.54. The molecule has 32 heavy (non-hydrogen) atoms. The number of fused-ring (bicyclic) bond motifs is 3.